The van der Waals surface area contributed by atoms with Gasteiger partial charge in [0.15, 0.2) is 0 Å². The highest BCUT2D eigenvalue weighted by Crippen LogP contribution is 2.30. The van der Waals surface area contributed by atoms with Gasteiger partial charge in [-0.25, -0.2) is 14.5 Å². The molecule has 0 radical (unpaired) electrons. The van der Waals surface area contributed by atoms with Gasteiger partial charge in [0.1, 0.15) is 5.82 Å². The molecule has 1 aromatic carbocycles. The third-order valence-electron chi connectivity index (χ3n) is 7.45. The average Bonchev–Trinajstić information content (AvgIpc) is 3.68. The van der Waals surface area contributed by atoms with Crippen molar-refractivity contribution in [1.29, 1.82) is 0 Å². The SMILES string of the molecule is Cc1cc(-c2nc(-c3ccc(N4CCNCC4)nc3)cn3nccc23)ccc1[C@@H](C)NC(=O)c1nnn(C(C)(C)C)n1.Cl. The van der Waals surface area contributed by atoms with E-state index in [4.69, 9.17) is 9.97 Å². The average molecular weight is 602 g/mol. The molecule has 0 saturated carbocycles. The van der Waals surface area contributed by atoms with Crippen molar-refractivity contribution < 1.29 is 4.79 Å². The predicted molar refractivity (Wildman–Crippen MR) is 167 cm³/mol. The molecule has 224 valence electrons. The maximum Gasteiger partial charge on any atom is 0.293 e. The van der Waals surface area contributed by atoms with Gasteiger partial charge < -0.3 is 15.5 Å². The molecule has 43 heavy (non-hydrogen) atoms. The maximum absolute atomic E-state index is 12.8. The number of piperazine rings is 1. The van der Waals surface area contributed by atoms with Crippen molar-refractivity contribution in [3.8, 4) is 22.5 Å². The van der Waals surface area contributed by atoms with E-state index in [0.717, 1.165) is 71.2 Å². The molecule has 0 aliphatic carbocycles. The van der Waals surface area contributed by atoms with Crippen LogP contribution in [0.3, 0.4) is 0 Å². The number of hydrogen-bond donors (Lipinski definition) is 2. The van der Waals surface area contributed by atoms with Gasteiger partial charge in [0.05, 0.1) is 40.9 Å². The van der Waals surface area contributed by atoms with Crippen molar-refractivity contribution in [2.45, 2.75) is 46.2 Å². The maximum atomic E-state index is 12.8. The van der Waals surface area contributed by atoms with Crippen LogP contribution in [0.2, 0.25) is 0 Å². The van der Waals surface area contributed by atoms with E-state index in [2.05, 4.69) is 54.2 Å². The Kier molecular flexibility index (Phi) is 8.43. The number of hydrogen-bond acceptors (Lipinski definition) is 9. The second-order valence-corrected chi connectivity index (χ2v) is 11.6. The summed E-state index contributed by atoms with van der Waals surface area (Å²) in [7, 11) is 0. The number of tetrazole rings is 1. The zero-order valence-electron chi connectivity index (χ0n) is 24.9. The fraction of sp³-hybridized carbons (Fsp3) is 0.367. The number of benzene rings is 1. The number of carbonyl (C=O) groups is 1. The lowest BCUT2D eigenvalue weighted by Crippen LogP contribution is -2.43. The summed E-state index contributed by atoms with van der Waals surface area (Å²) < 4.78 is 1.85. The summed E-state index contributed by atoms with van der Waals surface area (Å²) in [6.07, 6.45) is 5.59. The molecule has 1 atom stereocenters. The molecule has 5 heterocycles. The summed E-state index contributed by atoms with van der Waals surface area (Å²) in [5, 5.41) is 23.1. The Labute approximate surface area is 256 Å². The number of carbonyl (C=O) groups excluding carboxylic acids is 1. The Morgan fingerprint density at radius 3 is 2.51 bits per heavy atom. The molecule has 4 aromatic heterocycles. The van der Waals surface area contributed by atoms with Gasteiger partial charge in [-0.2, -0.15) is 9.90 Å². The first-order valence-electron chi connectivity index (χ1n) is 14.2. The lowest BCUT2D eigenvalue weighted by molar-refractivity contribution is 0.0928. The number of amides is 1. The second-order valence-electron chi connectivity index (χ2n) is 11.6. The van der Waals surface area contributed by atoms with Gasteiger partial charge in [-0.1, -0.05) is 12.1 Å². The van der Waals surface area contributed by atoms with Gasteiger partial charge in [0.2, 0.25) is 0 Å². The largest absolute Gasteiger partial charge is 0.354 e. The van der Waals surface area contributed by atoms with E-state index in [-0.39, 0.29) is 35.7 Å². The smallest absolute Gasteiger partial charge is 0.293 e. The molecule has 13 heteroatoms. The van der Waals surface area contributed by atoms with Gasteiger partial charge in [0, 0.05) is 43.5 Å². The summed E-state index contributed by atoms with van der Waals surface area (Å²) >= 11 is 0. The number of halogens is 1. The minimum atomic E-state index is -0.367. The fourth-order valence-electron chi connectivity index (χ4n) is 5.13. The van der Waals surface area contributed by atoms with Crippen LogP contribution in [0.15, 0.2) is 55.0 Å². The van der Waals surface area contributed by atoms with Crippen molar-refractivity contribution in [3.63, 3.8) is 0 Å². The van der Waals surface area contributed by atoms with Crippen molar-refractivity contribution in [1.82, 2.24) is 50.4 Å². The first-order valence-corrected chi connectivity index (χ1v) is 14.2. The van der Waals surface area contributed by atoms with Crippen LogP contribution in [0.4, 0.5) is 5.82 Å². The number of pyridine rings is 1. The Bertz CT molecular complexity index is 1730. The third kappa shape index (κ3) is 6.20. The number of aryl methyl sites for hydroxylation is 1. The molecule has 2 N–H and O–H groups in total. The van der Waals surface area contributed by atoms with Crippen molar-refractivity contribution in [2.75, 3.05) is 31.1 Å². The first kappa shape index (κ1) is 30.1. The Morgan fingerprint density at radius 2 is 1.84 bits per heavy atom. The summed E-state index contributed by atoms with van der Waals surface area (Å²) in [4.78, 5) is 26.4. The first-order chi connectivity index (χ1) is 20.2. The summed E-state index contributed by atoms with van der Waals surface area (Å²) in [6.45, 7) is 13.7. The van der Waals surface area contributed by atoms with Crippen LogP contribution in [-0.4, -0.2) is 71.9 Å². The van der Waals surface area contributed by atoms with E-state index >= 15 is 0 Å². The monoisotopic (exact) mass is 601 g/mol. The minimum Gasteiger partial charge on any atom is -0.354 e. The molecular weight excluding hydrogens is 566 g/mol. The van der Waals surface area contributed by atoms with Crippen molar-refractivity contribution in [2.24, 2.45) is 0 Å². The van der Waals surface area contributed by atoms with Crippen LogP contribution in [0.25, 0.3) is 28.0 Å². The van der Waals surface area contributed by atoms with E-state index in [0.29, 0.717) is 0 Å². The molecule has 12 nitrogen and oxygen atoms in total. The number of rotatable bonds is 6. The molecule has 1 aliphatic heterocycles. The highest BCUT2D eigenvalue weighted by atomic mass is 35.5. The van der Waals surface area contributed by atoms with Crippen LogP contribution >= 0.6 is 12.4 Å². The summed E-state index contributed by atoms with van der Waals surface area (Å²) in [5.41, 5.74) is 6.06. The molecule has 1 aliphatic rings. The van der Waals surface area contributed by atoms with E-state index < -0.39 is 0 Å². The zero-order chi connectivity index (χ0) is 29.4. The number of aromatic nitrogens is 8. The highest BCUT2D eigenvalue weighted by Gasteiger charge is 2.22. The zero-order valence-corrected chi connectivity index (χ0v) is 25.8. The van der Waals surface area contributed by atoms with Crippen LogP contribution < -0.4 is 15.5 Å². The fourth-order valence-corrected chi connectivity index (χ4v) is 5.13. The van der Waals surface area contributed by atoms with Crippen molar-refractivity contribution >= 4 is 29.6 Å². The highest BCUT2D eigenvalue weighted by molar-refractivity contribution is 5.90. The van der Waals surface area contributed by atoms with Crippen LogP contribution in [0, 0.1) is 6.92 Å². The number of fused-ring (bicyclic) bond motifs is 1. The second kappa shape index (κ2) is 12.1. The standard InChI is InChI=1S/C30H35N11O.ClH/c1-19-16-21(6-8-23(19)20(2)34-29(42)28-36-38-41(37-28)30(3,4)5)27-25-10-11-33-40(25)18-24(35-27)22-7-9-26(32-17-22)39-14-12-31-13-15-39;/h6-11,16-18,20,31H,12-15H2,1-5H3,(H,34,42);1H/t20-;/m1./s1. The van der Waals surface area contributed by atoms with Gasteiger partial charge in [-0.05, 0) is 75.2 Å². The Hall–Kier alpha value is -4.42. The van der Waals surface area contributed by atoms with Gasteiger partial charge >= 0.3 is 0 Å². The van der Waals surface area contributed by atoms with E-state index in [1.807, 2.05) is 69.7 Å². The summed E-state index contributed by atoms with van der Waals surface area (Å²) in [5.74, 6) is 0.654. The normalized spacial score (nSPS) is 14.4. The van der Waals surface area contributed by atoms with Gasteiger partial charge in [-0.15, -0.1) is 22.6 Å². The minimum absolute atomic E-state index is 0. The Balaban J connectivity index is 0.00000368. The molecule has 0 unspecified atom stereocenters. The van der Waals surface area contributed by atoms with Crippen LogP contribution in [0.5, 0.6) is 0 Å². The molecular formula is C30H36ClN11O. The topological polar surface area (TPSA) is 131 Å². The Morgan fingerprint density at radius 1 is 1.07 bits per heavy atom. The lowest BCUT2D eigenvalue weighted by Gasteiger charge is -2.28. The molecule has 0 spiro atoms. The molecule has 1 amide bonds. The van der Waals surface area contributed by atoms with Crippen LogP contribution in [0.1, 0.15) is 55.5 Å². The number of nitrogens with zero attached hydrogens (tertiary/aromatic N) is 9. The van der Waals surface area contributed by atoms with Gasteiger partial charge in [0.25, 0.3) is 11.7 Å². The van der Waals surface area contributed by atoms with E-state index in [1.165, 1.54) is 4.80 Å². The van der Waals surface area contributed by atoms with Crippen LogP contribution in [-0.2, 0) is 5.54 Å². The number of nitrogens with one attached hydrogen (secondary N) is 2. The summed E-state index contributed by atoms with van der Waals surface area (Å²) in [6, 6.07) is 12.0. The third-order valence-corrected chi connectivity index (χ3v) is 7.45. The molecule has 5 aromatic rings. The lowest BCUT2D eigenvalue weighted by atomic mass is 9.98. The molecule has 6 rings (SSSR count). The van der Waals surface area contributed by atoms with Gasteiger partial charge in [-0.3, -0.25) is 4.79 Å². The predicted octanol–water partition coefficient (Wildman–Crippen LogP) is 3.83. The molecule has 0 bridgehead atoms. The molecule has 1 fully saturated rings. The van der Waals surface area contributed by atoms with E-state index in [1.54, 1.807) is 6.20 Å². The van der Waals surface area contributed by atoms with E-state index in [9.17, 15) is 4.79 Å². The molecule has 1 saturated heterocycles. The quantitative estimate of drug-likeness (QED) is 0.298. The number of anilines is 1. The van der Waals surface area contributed by atoms with Crippen molar-refractivity contribution in [3.05, 3.63) is 71.9 Å².